The van der Waals surface area contributed by atoms with Crippen LogP contribution in [0.1, 0.15) is 33.2 Å². The van der Waals surface area contributed by atoms with Crippen molar-refractivity contribution in [3.63, 3.8) is 0 Å². The van der Waals surface area contributed by atoms with Crippen LogP contribution in [-0.4, -0.2) is 30.5 Å². The van der Waals surface area contributed by atoms with Gasteiger partial charge in [0.25, 0.3) is 0 Å². The van der Waals surface area contributed by atoms with Crippen molar-refractivity contribution in [1.29, 1.82) is 0 Å². The number of carbonyl (C=O) groups excluding carboxylic acids is 3. The number of alkyl halides is 1. The summed E-state index contributed by atoms with van der Waals surface area (Å²) >= 11 is 5.42. The van der Waals surface area contributed by atoms with Gasteiger partial charge in [0.05, 0.1) is 18.1 Å². The molecule has 1 aromatic carbocycles. The third-order valence-electron chi connectivity index (χ3n) is 2.21. The standard InChI is InChI=1S/C13H13ClO4/c1-2-18-13(17)11-4-9(6-12(16)7-14)3-10(5-11)8-15/h3-5,8H,2,6-7H2,1H3. The number of Topliss-reactive ketones (excluding diaryl/α,β-unsaturated/α-hetero) is 1. The number of halogens is 1. The molecule has 0 atom stereocenters. The number of benzene rings is 1. The van der Waals surface area contributed by atoms with E-state index in [2.05, 4.69) is 0 Å². The molecule has 4 nitrogen and oxygen atoms in total. The summed E-state index contributed by atoms with van der Waals surface area (Å²) in [5.41, 5.74) is 1.17. The predicted molar refractivity (Wildman–Crippen MR) is 67.2 cm³/mol. The Kier molecular flexibility index (Phi) is 5.52. The zero-order chi connectivity index (χ0) is 13.5. The molecule has 0 heterocycles. The van der Waals surface area contributed by atoms with Gasteiger partial charge in [-0.3, -0.25) is 9.59 Å². The molecule has 1 aromatic rings. The van der Waals surface area contributed by atoms with Crippen molar-refractivity contribution < 1.29 is 19.1 Å². The van der Waals surface area contributed by atoms with Gasteiger partial charge >= 0.3 is 5.97 Å². The fourth-order valence-corrected chi connectivity index (χ4v) is 1.59. The zero-order valence-electron chi connectivity index (χ0n) is 9.94. The summed E-state index contributed by atoms with van der Waals surface area (Å²) in [6.07, 6.45) is 0.717. The third-order valence-corrected chi connectivity index (χ3v) is 2.51. The SMILES string of the molecule is CCOC(=O)c1cc(C=O)cc(CC(=O)CCl)c1. The normalized spacial score (nSPS) is 9.89. The van der Waals surface area contributed by atoms with Gasteiger partial charge in [-0.2, -0.15) is 0 Å². The van der Waals surface area contributed by atoms with E-state index < -0.39 is 5.97 Å². The highest BCUT2D eigenvalue weighted by atomic mass is 35.5. The molecule has 0 saturated carbocycles. The van der Waals surface area contributed by atoms with Crippen molar-refractivity contribution in [2.24, 2.45) is 0 Å². The maximum Gasteiger partial charge on any atom is 0.338 e. The monoisotopic (exact) mass is 268 g/mol. The minimum atomic E-state index is -0.513. The lowest BCUT2D eigenvalue weighted by molar-refractivity contribution is -0.116. The average Bonchev–Trinajstić information content (AvgIpc) is 2.38. The molecule has 18 heavy (non-hydrogen) atoms. The van der Waals surface area contributed by atoms with Gasteiger partial charge in [0, 0.05) is 12.0 Å². The number of hydrogen-bond donors (Lipinski definition) is 0. The Bertz CT molecular complexity index is 468. The highest BCUT2D eigenvalue weighted by Gasteiger charge is 2.11. The van der Waals surface area contributed by atoms with Gasteiger partial charge in [-0.05, 0) is 30.7 Å². The number of ether oxygens (including phenoxy) is 1. The molecular weight excluding hydrogens is 256 g/mol. The Morgan fingerprint density at radius 3 is 2.61 bits per heavy atom. The van der Waals surface area contributed by atoms with Crippen LogP contribution in [0.4, 0.5) is 0 Å². The lowest BCUT2D eigenvalue weighted by atomic mass is 10.0. The average molecular weight is 269 g/mol. The predicted octanol–water partition coefficient (Wildman–Crippen LogP) is 2.03. The van der Waals surface area contributed by atoms with E-state index in [0.717, 1.165) is 0 Å². The topological polar surface area (TPSA) is 60.4 Å². The molecule has 0 radical (unpaired) electrons. The highest BCUT2D eigenvalue weighted by molar-refractivity contribution is 6.27. The number of rotatable bonds is 6. The van der Waals surface area contributed by atoms with Crippen molar-refractivity contribution in [3.05, 3.63) is 34.9 Å². The number of esters is 1. The first-order chi connectivity index (χ1) is 8.60. The van der Waals surface area contributed by atoms with Crippen LogP contribution in [0.25, 0.3) is 0 Å². The molecular formula is C13H13ClO4. The third kappa shape index (κ3) is 3.96. The van der Waals surface area contributed by atoms with Crippen LogP contribution in [0.5, 0.6) is 0 Å². The molecule has 1 rings (SSSR count). The van der Waals surface area contributed by atoms with Crippen molar-refractivity contribution in [2.45, 2.75) is 13.3 Å². The van der Waals surface area contributed by atoms with Gasteiger partial charge in [-0.25, -0.2) is 4.79 Å². The van der Waals surface area contributed by atoms with Gasteiger partial charge < -0.3 is 4.74 Å². The largest absolute Gasteiger partial charge is 0.462 e. The summed E-state index contributed by atoms with van der Waals surface area (Å²) in [6, 6.07) is 4.52. The maximum atomic E-state index is 11.6. The molecule has 5 heteroatoms. The lowest BCUT2D eigenvalue weighted by Gasteiger charge is -2.06. The first kappa shape index (κ1) is 14.4. The van der Waals surface area contributed by atoms with Crippen LogP contribution in [0.15, 0.2) is 18.2 Å². The van der Waals surface area contributed by atoms with E-state index in [9.17, 15) is 14.4 Å². The van der Waals surface area contributed by atoms with Crippen LogP contribution < -0.4 is 0 Å². The number of hydrogen-bond acceptors (Lipinski definition) is 4. The van der Waals surface area contributed by atoms with Crippen LogP contribution >= 0.6 is 11.6 Å². The molecule has 96 valence electrons. The molecule has 0 bridgehead atoms. The highest BCUT2D eigenvalue weighted by Crippen LogP contribution is 2.12. The van der Waals surface area contributed by atoms with Gasteiger partial charge in [-0.15, -0.1) is 11.6 Å². The number of carbonyl (C=O) groups is 3. The summed E-state index contributed by atoms with van der Waals surface area (Å²) in [6.45, 7) is 1.94. The fraction of sp³-hybridized carbons (Fsp3) is 0.308. The van der Waals surface area contributed by atoms with Gasteiger partial charge in [0.1, 0.15) is 6.29 Å². The molecule has 0 unspecified atom stereocenters. The molecule has 0 N–H and O–H groups in total. The van der Waals surface area contributed by atoms with E-state index in [1.165, 1.54) is 12.1 Å². The van der Waals surface area contributed by atoms with Crippen molar-refractivity contribution in [2.75, 3.05) is 12.5 Å². The maximum absolute atomic E-state index is 11.6. The van der Waals surface area contributed by atoms with E-state index in [-0.39, 0.29) is 30.3 Å². The molecule has 0 aromatic heterocycles. The second kappa shape index (κ2) is 6.91. The molecule has 0 saturated heterocycles. The Hall–Kier alpha value is -1.68. The minimum absolute atomic E-state index is 0.0948. The van der Waals surface area contributed by atoms with Crippen molar-refractivity contribution >= 4 is 29.6 Å². The summed E-state index contributed by atoms with van der Waals surface area (Å²) in [4.78, 5) is 33.6. The Balaban J connectivity index is 3.04. The van der Waals surface area contributed by atoms with Crippen molar-refractivity contribution in [3.8, 4) is 0 Å². The summed E-state index contributed by atoms with van der Waals surface area (Å²) in [5.74, 6) is -0.782. The second-order valence-electron chi connectivity index (χ2n) is 3.65. The number of ketones is 1. The first-order valence-electron chi connectivity index (χ1n) is 5.44. The summed E-state index contributed by atoms with van der Waals surface area (Å²) in [5, 5.41) is 0. The van der Waals surface area contributed by atoms with E-state index >= 15 is 0 Å². The van der Waals surface area contributed by atoms with Crippen LogP contribution in [-0.2, 0) is 16.0 Å². The van der Waals surface area contributed by atoms with Crippen LogP contribution in [0, 0.1) is 0 Å². The van der Waals surface area contributed by atoms with Crippen LogP contribution in [0.3, 0.4) is 0 Å². The lowest BCUT2D eigenvalue weighted by Crippen LogP contribution is -2.09. The molecule has 0 aliphatic carbocycles. The summed E-state index contributed by atoms with van der Waals surface area (Å²) < 4.78 is 4.85. The molecule has 0 spiro atoms. The fourth-order valence-electron chi connectivity index (χ4n) is 1.50. The van der Waals surface area contributed by atoms with Crippen molar-refractivity contribution in [1.82, 2.24) is 0 Å². The quantitative estimate of drug-likeness (QED) is 0.450. The Labute approximate surface area is 110 Å². The van der Waals surface area contributed by atoms with Gasteiger partial charge in [0.15, 0.2) is 5.78 Å². The first-order valence-corrected chi connectivity index (χ1v) is 5.98. The van der Waals surface area contributed by atoms with E-state index in [4.69, 9.17) is 16.3 Å². The Morgan fingerprint density at radius 1 is 1.33 bits per heavy atom. The molecule has 0 aliphatic rings. The van der Waals surface area contributed by atoms with Gasteiger partial charge in [0.2, 0.25) is 0 Å². The molecule has 0 amide bonds. The molecule has 0 fully saturated rings. The van der Waals surface area contributed by atoms with Gasteiger partial charge in [-0.1, -0.05) is 0 Å². The number of aldehydes is 1. The second-order valence-corrected chi connectivity index (χ2v) is 3.92. The zero-order valence-corrected chi connectivity index (χ0v) is 10.7. The smallest absolute Gasteiger partial charge is 0.338 e. The summed E-state index contributed by atoms with van der Waals surface area (Å²) in [7, 11) is 0. The molecule has 0 aliphatic heterocycles. The Morgan fingerprint density at radius 2 is 2.06 bits per heavy atom. The van der Waals surface area contributed by atoms with Crippen LogP contribution in [0.2, 0.25) is 0 Å². The van der Waals surface area contributed by atoms with E-state index in [0.29, 0.717) is 17.4 Å². The minimum Gasteiger partial charge on any atom is -0.462 e. The van der Waals surface area contributed by atoms with E-state index in [1.807, 2.05) is 0 Å². The van der Waals surface area contributed by atoms with E-state index in [1.54, 1.807) is 13.0 Å².